The smallest absolute Gasteiger partial charge is 0.354 e. The number of anilines is 1. The first-order valence-corrected chi connectivity index (χ1v) is 6.92. The highest BCUT2D eigenvalue weighted by Crippen LogP contribution is 2.32. The highest BCUT2D eigenvalue weighted by molar-refractivity contribution is 5.49. The Morgan fingerprint density at radius 2 is 2.00 bits per heavy atom. The zero-order valence-electron chi connectivity index (χ0n) is 12.5. The summed E-state index contributed by atoms with van der Waals surface area (Å²) in [6, 6.07) is 2.72. The van der Waals surface area contributed by atoms with Crippen LogP contribution in [0.5, 0.6) is 0 Å². The van der Waals surface area contributed by atoms with Crippen molar-refractivity contribution in [2.75, 3.05) is 32.1 Å². The average molecular weight is 302 g/mol. The van der Waals surface area contributed by atoms with E-state index in [1.807, 2.05) is 19.0 Å². The van der Waals surface area contributed by atoms with Crippen LogP contribution in [-0.2, 0) is 12.7 Å². The number of hydrogen-bond acceptors (Lipinski definition) is 4. The molecule has 0 saturated carbocycles. The molecule has 0 aromatic carbocycles. The van der Waals surface area contributed by atoms with Crippen molar-refractivity contribution >= 4 is 5.82 Å². The van der Waals surface area contributed by atoms with E-state index in [0.29, 0.717) is 36.4 Å². The second kappa shape index (κ2) is 5.81. The van der Waals surface area contributed by atoms with Crippen LogP contribution < -0.4 is 10.6 Å². The average Bonchev–Trinajstić information content (AvgIpc) is 2.79. The molecule has 0 amide bonds. The summed E-state index contributed by atoms with van der Waals surface area (Å²) in [5, 5.41) is 0. The Kier molecular flexibility index (Phi) is 4.43. The summed E-state index contributed by atoms with van der Waals surface area (Å²) in [5.74, 6) is 0.727. The van der Waals surface area contributed by atoms with Crippen LogP contribution in [0.4, 0.5) is 19.0 Å². The lowest BCUT2D eigenvalue weighted by Gasteiger charge is -2.24. The molecule has 0 radical (unpaired) electrons. The van der Waals surface area contributed by atoms with Crippen LogP contribution in [0, 0.1) is 5.92 Å². The molecule has 21 heavy (non-hydrogen) atoms. The minimum Gasteiger partial charge on any atom is -0.354 e. The van der Waals surface area contributed by atoms with E-state index in [2.05, 4.69) is 16.8 Å². The van der Waals surface area contributed by atoms with Crippen LogP contribution in [0.15, 0.2) is 12.1 Å². The Bertz CT molecular complexity index is 501. The molecule has 1 aromatic heterocycles. The van der Waals surface area contributed by atoms with E-state index in [0.717, 1.165) is 6.07 Å². The van der Waals surface area contributed by atoms with E-state index in [4.69, 9.17) is 5.73 Å². The van der Waals surface area contributed by atoms with Crippen molar-refractivity contribution in [1.29, 1.82) is 0 Å². The normalized spacial score (nSPS) is 23.1. The topological polar surface area (TPSA) is 45.4 Å². The summed E-state index contributed by atoms with van der Waals surface area (Å²) in [7, 11) is 3.96. The summed E-state index contributed by atoms with van der Waals surface area (Å²) >= 11 is 0. The first-order chi connectivity index (χ1) is 9.74. The second-order valence-corrected chi connectivity index (χ2v) is 5.79. The Morgan fingerprint density at radius 1 is 1.33 bits per heavy atom. The third kappa shape index (κ3) is 3.29. The minimum absolute atomic E-state index is 0.179. The maximum absolute atomic E-state index is 12.9. The Hall–Kier alpha value is -1.34. The van der Waals surface area contributed by atoms with Crippen LogP contribution in [0.25, 0.3) is 0 Å². The molecule has 0 bridgehead atoms. The summed E-state index contributed by atoms with van der Waals surface area (Å²) in [4.78, 5) is 7.83. The SMILES string of the molecule is CC1CN(c2nc(C(F)(F)F)ccc2CN)CC1N(C)C. The van der Waals surface area contributed by atoms with Gasteiger partial charge in [0.15, 0.2) is 0 Å². The lowest BCUT2D eigenvalue weighted by molar-refractivity contribution is -0.141. The van der Waals surface area contributed by atoms with Crippen LogP contribution >= 0.6 is 0 Å². The minimum atomic E-state index is -4.44. The number of pyridine rings is 1. The Labute approximate surface area is 122 Å². The molecule has 1 aromatic rings. The summed E-state index contributed by atoms with van der Waals surface area (Å²) < 4.78 is 38.6. The van der Waals surface area contributed by atoms with Gasteiger partial charge in [0.25, 0.3) is 0 Å². The van der Waals surface area contributed by atoms with Gasteiger partial charge >= 0.3 is 6.18 Å². The predicted octanol–water partition coefficient (Wildman–Crippen LogP) is 1.95. The van der Waals surface area contributed by atoms with Gasteiger partial charge in [-0.2, -0.15) is 13.2 Å². The molecule has 2 rings (SSSR count). The molecule has 0 spiro atoms. The zero-order chi connectivity index (χ0) is 15.8. The van der Waals surface area contributed by atoms with Crippen molar-refractivity contribution in [3.63, 3.8) is 0 Å². The number of hydrogen-bond donors (Lipinski definition) is 1. The van der Waals surface area contributed by atoms with Gasteiger partial charge in [0, 0.05) is 31.2 Å². The van der Waals surface area contributed by atoms with Crippen LogP contribution in [0.1, 0.15) is 18.2 Å². The van der Waals surface area contributed by atoms with Gasteiger partial charge in [-0.15, -0.1) is 0 Å². The number of alkyl halides is 3. The number of rotatable bonds is 3. The summed E-state index contributed by atoms with van der Waals surface area (Å²) in [5.41, 5.74) is 5.43. The molecular formula is C14H21F3N4. The molecule has 0 aliphatic carbocycles. The monoisotopic (exact) mass is 302 g/mol. The highest BCUT2D eigenvalue weighted by atomic mass is 19.4. The lowest BCUT2D eigenvalue weighted by Crippen LogP contribution is -2.34. The molecule has 4 nitrogen and oxygen atoms in total. The third-order valence-corrected chi connectivity index (χ3v) is 4.00. The molecule has 2 unspecified atom stereocenters. The molecule has 2 N–H and O–H groups in total. The van der Waals surface area contributed by atoms with Gasteiger partial charge in [-0.3, -0.25) is 0 Å². The molecule has 2 heterocycles. The quantitative estimate of drug-likeness (QED) is 0.927. The molecule has 2 atom stereocenters. The summed E-state index contributed by atoms with van der Waals surface area (Å²) in [6.45, 7) is 3.62. The van der Waals surface area contributed by atoms with E-state index in [9.17, 15) is 13.2 Å². The van der Waals surface area contributed by atoms with E-state index in [1.165, 1.54) is 6.07 Å². The van der Waals surface area contributed by atoms with Crippen molar-refractivity contribution < 1.29 is 13.2 Å². The van der Waals surface area contributed by atoms with Crippen molar-refractivity contribution in [2.24, 2.45) is 11.7 Å². The predicted molar refractivity (Wildman–Crippen MR) is 76.0 cm³/mol. The van der Waals surface area contributed by atoms with Crippen molar-refractivity contribution in [3.05, 3.63) is 23.4 Å². The van der Waals surface area contributed by atoms with Crippen LogP contribution in [0.2, 0.25) is 0 Å². The molecule has 7 heteroatoms. The van der Waals surface area contributed by atoms with Crippen LogP contribution in [-0.4, -0.2) is 43.1 Å². The molecule has 1 aliphatic heterocycles. The molecule has 1 saturated heterocycles. The van der Waals surface area contributed by atoms with E-state index in [-0.39, 0.29) is 6.54 Å². The fourth-order valence-electron chi connectivity index (χ4n) is 2.86. The Morgan fingerprint density at radius 3 is 2.48 bits per heavy atom. The number of aromatic nitrogens is 1. The number of likely N-dealkylation sites (N-methyl/N-ethyl adjacent to an activating group) is 1. The molecule has 1 fully saturated rings. The fraction of sp³-hybridized carbons (Fsp3) is 0.643. The van der Waals surface area contributed by atoms with Crippen molar-refractivity contribution in [3.8, 4) is 0 Å². The molecule has 1 aliphatic rings. The van der Waals surface area contributed by atoms with Gasteiger partial charge in [0.2, 0.25) is 0 Å². The first-order valence-electron chi connectivity index (χ1n) is 6.92. The van der Waals surface area contributed by atoms with Gasteiger partial charge in [0.1, 0.15) is 11.5 Å². The molecular weight excluding hydrogens is 281 g/mol. The van der Waals surface area contributed by atoms with Gasteiger partial charge in [-0.05, 0) is 26.1 Å². The number of halogens is 3. The lowest BCUT2D eigenvalue weighted by atomic mass is 10.1. The van der Waals surface area contributed by atoms with E-state index in [1.54, 1.807) is 0 Å². The first kappa shape index (κ1) is 16.0. The highest BCUT2D eigenvalue weighted by Gasteiger charge is 2.36. The summed E-state index contributed by atoms with van der Waals surface area (Å²) in [6.07, 6.45) is -4.44. The van der Waals surface area contributed by atoms with Gasteiger partial charge in [-0.1, -0.05) is 13.0 Å². The van der Waals surface area contributed by atoms with Gasteiger partial charge in [0.05, 0.1) is 0 Å². The zero-order valence-corrected chi connectivity index (χ0v) is 12.5. The van der Waals surface area contributed by atoms with E-state index >= 15 is 0 Å². The van der Waals surface area contributed by atoms with E-state index < -0.39 is 11.9 Å². The van der Waals surface area contributed by atoms with Crippen molar-refractivity contribution in [1.82, 2.24) is 9.88 Å². The maximum atomic E-state index is 12.9. The van der Waals surface area contributed by atoms with Crippen molar-refractivity contribution in [2.45, 2.75) is 25.7 Å². The largest absolute Gasteiger partial charge is 0.433 e. The second-order valence-electron chi connectivity index (χ2n) is 5.79. The number of nitrogens with zero attached hydrogens (tertiary/aromatic N) is 3. The standard InChI is InChI=1S/C14H21F3N4/c1-9-7-21(8-11(9)20(2)3)13-10(6-18)4-5-12(19-13)14(15,16)17/h4-5,9,11H,6-8,18H2,1-3H3. The Balaban J connectivity index is 2.34. The van der Waals surface area contributed by atoms with Crippen LogP contribution in [0.3, 0.4) is 0 Å². The van der Waals surface area contributed by atoms with Gasteiger partial charge in [-0.25, -0.2) is 4.98 Å². The fourth-order valence-corrected chi connectivity index (χ4v) is 2.86. The van der Waals surface area contributed by atoms with Gasteiger partial charge < -0.3 is 15.5 Å². The maximum Gasteiger partial charge on any atom is 0.433 e. The number of nitrogens with two attached hydrogens (primary N) is 1. The molecule has 118 valence electrons. The third-order valence-electron chi connectivity index (χ3n) is 4.00.